The Kier molecular flexibility index (Phi) is 32.2. The highest BCUT2D eigenvalue weighted by Crippen LogP contribution is 2.52. The predicted octanol–water partition coefficient (Wildman–Crippen LogP) is 15.9. The van der Waals surface area contributed by atoms with Gasteiger partial charge in [0.05, 0.1) is 41.4 Å². The minimum atomic E-state index is -0.151. The standard InChI is InChI=1S/C11H20O2.C10H16O2.2C10H18O2.2C9H16O2.C8H14O2/c1-4-11(7-5-6-8-11)13-10(12)9(2)3;1-6(2)10(11)12-9-4-7-3-8(7)5-9;1-8(2)9(11)12-10(3)6-4-5-7-10;1-8(2)10(11)12-9-6-4-3-5-7-9;1-7(2)8(10)11-9(3)5-4-6-9;1-7(2)9(10)11-8-5-3-4-6-8;1-6(2)7(9)10-8(3)4-5-8/h9H,4-8H2,1-3H3;6-9H,3-5H2,1-2H3;8H,4-7H2,1-3H3;8-9H,3-7H2,1-2H3;7H,4-6H2,1-3H3;7-8H,3-6H2,1-2H3;6H,4-5H2,1-3H3/t;7-,8+,9?;;;;;. The van der Waals surface area contributed by atoms with Gasteiger partial charge >= 0.3 is 41.8 Å². The number of hydrogen-bond acceptors (Lipinski definition) is 14. The first-order valence-corrected chi connectivity index (χ1v) is 32.3. The molecule has 0 radical (unpaired) electrons. The Hall–Kier alpha value is -3.71. The van der Waals surface area contributed by atoms with Crippen LogP contribution in [-0.2, 0) is 66.7 Å². The van der Waals surface area contributed by atoms with Gasteiger partial charge in [0, 0.05) is 0 Å². The zero-order valence-electron chi connectivity index (χ0n) is 54.5. The third-order valence-corrected chi connectivity index (χ3v) is 16.7. The van der Waals surface area contributed by atoms with Gasteiger partial charge in [0.1, 0.15) is 40.7 Å². The van der Waals surface area contributed by atoms with E-state index in [1.807, 2.05) is 118 Å². The molecule has 0 heterocycles. The molecule has 0 amide bonds. The Balaban J connectivity index is 0.000000323. The van der Waals surface area contributed by atoms with Crippen LogP contribution in [0.3, 0.4) is 0 Å². The second kappa shape index (κ2) is 35.6. The van der Waals surface area contributed by atoms with Gasteiger partial charge in [-0.25, -0.2) is 0 Å². The molecule has 0 aromatic heterocycles. The van der Waals surface area contributed by atoms with Crippen LogP contribution < -0.4 is 0 Å². The van der Waals surface area contributed by atoms with Gasteiger partial charge in [0.15, 0.2) is 0 Å². The molecular formula is C67H118O14. The molecule has 0 bridgehead atoms. The molecule has 14 nitrogen and oxygen atoms in total. The summed E-state index contributed by atoms with van der Waals surface area (Å²) in [4.78, 5) is 78.3. The summed E-state index contributed by atoms with van der Waals surface area (Å²) in [5.41, 5.74) is -0.481. The quantitative estimate of drug-likeness (QED) is 0.111. The van der Waals surface area contributed by atoms with E-state index in [9.17, 15) is 33.6 Å². The third-order valence-electron chi connectivity index (χ3n) is 16.7. The van der Waals surface area contributed by atoms with Gasteiger partial charge in [-0.2, -0.15) is 0 Å². The summed E-state index contributed by atoms with van der Waals surface area (Å²) in [5.74, 6) is 1.56. The molecule has 0 spiro atoms. The van der Waals surface area contributed by atoms with Crippen LogP contribution in [-0.4, -0.2) is 82.5 Å². The topological polar surface area (TPSA) is 184 Å². The maximum absolute atomic E-state index is 11.4. The summed E-state index contributed by atoms with van der Waals surface area (Å²) in [6.45, 7) is 34.4. The van der Waals surface area contributed by atoms with E-state index in [4.69, 9.17) is 33.2 Å². The smallest absolute Gasteiger partial charge is 0.308 e. The van der Waals surface area contributed by atoms with Crippen molar-refractivity contribution in [2.75, 3.05) is 0 Å². The lowest BCUT2D eigenvalue weighted by Gasteiger charge is -2.38. The van der Waals surface area contributed by atoms with Crippen LogP contribution in [0.5, 0.6) is 0 Å². The molecule has 1 unspecified atom stereocenters. The molecule has 14 heteroatoms. The van der Waals surface area contributed by atoms with Gasteiger partial charge in [0.2, 0.25) is 0 Å². The van der Waals surface area contributed by atoms with Crippen LogP contribution in [0, 0.1) is 53.3 Å². The van der Waals surface area contributed by atoms with Crippen molar-refractivity contribution >= 4 is 41.8 Å². The van der Waals surface area contributed by atoms with Crippen LogP contribution in [0.1, 0.15) is 292 Å². The van der Waals surface area contributed by atoms with Crippen molar-refractivity contribution in [1.82, 2.24) is 0 Å². The number of rotatable bonds is 15. The first-order chi connectivity index (χ1) is 37.8. The number of ether oxygens (including phenoxy) is 7. The normalized spacial score (nSPS) is 23.0. The molecule has 0 aromatic rings. The van der Waals surface area contributed by atoms with E-state index in [1.54, 1.807) is 0 Å². The molecule has 470 valence electrons. The largest absolute Gasteiger partial charge is 0.462 e. The first kappa shape index (κ1) is 73.4. The lowest BCUT2D eigenvalue weighted by atomic mass is 9.82. The molecule has 81 heavy (non-hydrogen) atoms. The number of hydrogen-bond donors (Lipinski definition) is 0. The first-order valence-electron chi connectivity index (χ1n) is 32.3. The maximum atomic E-state index is 11.4. The molecule has 8 fully saturated rings. The lowest BCUT2D eigenvalue weighted by Crippen LogP contribution is -2.39. The Morgan fingerprint density at radius 3 is 0.877 bits per heavy atom. The summed E-state index contributed by atoms with van der Waals surface area (Å²) in [6.07, 6.45) is 30.1. The molecule has 3 atom stereocenters. The molecule has 8 aliphatic carbocycles. The average molecular weight is 1150 g/mol. The highest BCUT2D eigenvalue weighted by atomic mass is 16.6. The molecular weight excluding hydrogens is 1030 g/mol. The van der Waals surface area contributed by atoms with Crippen molar-refractivity contribution in [3.05, 3.63) is 0 Å². The minimum Gasteiger partial charge on any atom is -0.462 e. The lowest BCUT2D eigenvalue weighted by molar-refractivity contribution is -0.170. The number of esters is 7. The summed E-state index contributed by atoms with van der Waals surface area (Å²) >= 11 is 0. The highest BCUT2D eigenvalue weighted by Gasteiger charge is 2.47. The van der Waals surface area contributed by atoms with Gasteiger partial charge in [-0.15, -0.1) is 0 Å². The second-order valence-electron chi connectivity index (χ2n) is 27.7. The molecule has 0 saturated heterocycles. The van der Waals surface area contributed by atoms with E-state index < -0.39 is 0 Å². The van der Waals surface area contributed by atoms with Crippen molar-refractivity contribution in [3.8, 4) is 0 Å². The van der Waals surface area contributed by atoms with Crippen LogP contribution in [0.4, 0.5) is 0 Å². The Labute approximate surface area is 492 Å². The number of carbonyl (C=O) groups excluding carboxylic acids is 7. The van der Waals surface area contributed by atoms with Crippen molar-refractivity contribution in [3.63, 3.8) is 0 Å². The monoisotopic (exact) mass is 1150 g/mol. The Bertz CT molecular complexity index is 1850. The van der Waals surface area contributed by atoms with E-state index >= 15 is 0 Å². The van der Waals surface area contributed by atoms with Gasteiger partial charge in [-0.05, 0) is 193 Å². The SMILES string of the molecule is CC(C)C(=O)OC1(C)CC1.CC(C)C(=O)OC1(C)CCC1.CC(C)C(=O)OC1(C)CCCC1.CC(C)C(=O)OC1CCCC1.CC(C)C(=O)OC1CCCCC1.CC(C)C(=O)OC1C[C@@H]2C[C@@H]2C1.CCC1(OC(=O)C(C)C)CCCC1. The predicted molar refractivity (Wildman–Crippen MR) is 319 cm³/mol. The third kappa shape index (κ3) is 29.6. The molecule has 0 aromatic carbocycles. The summed E-state index contributed by atoms with van der Waals surface area (Å²) < 4.78 is 37.3. The van der Waals surface area contributed by atoms with Crippen molar-refractivity contribution < 1.29 is 66.7 Å². The fourth-order valence-electron chi connectivity index (χ4n) is 10.1. The van der Waals surface area contributed by atoms with Crippen molar-refractivity contribution in [2.24, 2.45) is 53.3 Å². The fourth-order valence-corrected chi connectivity index (χ4v) is 10.1. The van der Waals surface area contributed by atoms with Crippen molar-refractivity contribution in [2.45, 2.75) is 332 Å². The average Bonchev–Trinajstić information content (AvgIpc) is 3.88. The van der Waals surface area contributed by atoms with Gasteiger partial charge in [0.25, 0.3) is 0 Å². The van der Waals surface area contributed by atoms with Gasteiger partial charge in [-0.1, -0.05) is 110 Å². The minimum absolute atomic E-state index is 0.00225. The maximum Gasteiger partial charge on any atom is 0.308 e. The second-order valence-corrected chi connectivity index (χ2v) is 27.7. The molecule has 8 aliphatic rings. The van der Waals surface area contributed by atoms with Crippen molar-refractivity contribution in [1.29, 1.82) is 0 Å². The molecule has 0 aliphatic heterocycles. The van der Waals surface area contributed by atoms with Crippen LogP contribution in [0.25, 0.3) is 0 Å². The van der Waals surface area contributed by atoms with Crippen LogP contribution >= 0.6 is 0 Å². The molecule has 8 saturated carbocycles. The summed E-state index contributed by atoms with van der Waals surface area (Å²) in [6, 6.07) is 0. The van der Waals surface area contributed by atoms with Crippen LogP contribution in [0.2, 0.25) is 0 Å². The van der Waals surface area contributed by atoms with E-state index in [0.717, 1.165) is 108 Å². The molecule has 0 N–H and O–H groups in total. The zero-order valence-corrected chi connectivity index (χ0v) is 54.5. The van der Waals surface area contributed by atoms with E-state index in [1.165, 1.54) is 70.6 Å². The highest BCUT2D eigenvalue weighted by molar-refractivity contribution is 5.74. The fraction of sp³-hybridized carbons (Fsp3) is 0.896. The van der Waals surface area contributed by atoms with E-state index in [2.05, 4.69) is 6.92 Å². The Morgan fingerprint density at radius 1 is 0.321 bits per heavy atom. The van der Waals surface area contributed by atoms with Gasteiger partial charge in [-0.3, -0.25) is 33.6 Å². The number of carbonyl (C=O) groups is 7. The molecule has 8 rings (SSSR count). The van der Waals surface area contributed by atoms with E-state index in [-0.39, 0.29) is 124 Å². The van der Waals surface area contributed by atoms with E-state index in [0.29, 0.717) is 0 Å². The summed E-state index contributed by atoms with van der Waals surface area (Å²) in [7, 11) is 0. The Morgan fingerprint density at radius 2 is 0.593 bits per heavy atom. The zero-order chi connectivity index (χ0) is 61.3. The van der Waals surface area contributed by atoms with Crippen LogP contribution in [0.15, 0.2) is 0 Å². The van der Waals surface area contributed by atoms with Gasteiger partial charge < -0.3 is 33.2 Å². The number of fused-ring (bicyclic) bond motifs is 1. The summed E-state index contributed by atoms with van der Waals surface area (Å²) in [5, 5.41) is 0.